The van der Waals surface area contributed by atoms with E-state index in [0.717, 1.165) is 11.9 Å². The molecular formula is C12H23BrN2. The summed E-state index contributed by atoms with van der Waals surface area (Å²) in [5, 5.41) is 1.10. The monoisotopic (exact) mass is 274 g/mol. The predicted molar refractivity (Wildman–Crippen MR) is 70.7 cm³/mol. The molecule has 1 aliphatic heterocycles. The molecular weight excluding hydrogens is 252 g/mol. The van der Waals surface area contributed by atoms with E-state index in [2.05, 4.69) is 45.7 Å². The Kier molecular flexibility index (Phi) is 6.53. The van der Waals surface area contributed by atoms with Gasteiger partial charge in [0.1, 0.15) is 0 Å². The van der Waals surface area contributed by atoms with Gasteiger partial charge in [-0.05, 0) is 33.4 Å². The number of alkyl halides is 1. The smallest absolute Gasteiger partial charge is 0.0166 e. The Morgan fingerprint density at radius 1 is 1.13 bits per heavy atom. The molecule has 0 bridgehead atoms. The third kappa shape index (κ3) is 5.69. The van der Waals surface area contributed by atoms with Crippen LogP contribution in [-0.4, -0.2) is 54.4 Å². The molecule has 0 N–H and O–H groups in total. The highest BCUT2D eigenvalue weighted by atomic mass is 79.9. The van der Waals surface area contributed by atoms with Crippen LogP contribution in [0, 0.1) is 0 Å². The van der Waals surface area contributed by atoms with Crippen molar-refractivity contribution in [2.24, 2.45) is 0 Å². The van der Waals surface area contributed by atoms with Gasteiger partial charge in [-0.1, -0.05) is 27.6 Å². The maximum atomic E-state index is 3.51. The fourth-order valence-corrected chi connectivity index (χ4v) is 2.36. The lowest BCUT2D eigenvalue weighted by Crippen LogP contribution is -2.32. The molecule has 15 heavy (non-hydrogen) atoms. The summed E-state index contributed by atoms with van der Waals surface area (Å²) in [7, 11) is 0. The summed E-state index contributed by atoms with van der Waals surface area (Å²) >= 11 is 3.51. The van der Waals surface area contributed by atoms with E-state index >= 15 is 0 Å². The van der Waals surface area contributed by atoms with Gasteiger partial charge in [0.25, 0.3) is 0 Å². The fourth-order valence-electron chi connectivity index (χ4n) is 1.86. The number of rotatable bonds is 4. The Hall–Kier alpha value is 0.140. The van der Waals surface area contributed by atoms with Crippen LogP contribution < -0.4 is 0 Å². The molecule has 2 nitrogen and oxygen atoms in total. The molecule has 0 atom stereocenters. The van der Waals surface area contributed by atoms with E-state index in [9.17, 15) is 0 Å². The molecule has 0 unspecified atom stereocenters. The van der Waals surface area contributed by atoms with Crippen molar-refractivity contribution < 1.29 is 0 Å². The minimum atomic E-state index is 1.10. The van der Waals surface area contributed by atoms with Gasteiger partial charge in [0.05, 0.1) is 0 Å². The first kappa shape index (κ1) is 13.2. The van der Waals surface area contributed by atoms with Crippen LogP contribution in [0.5, 0.6) is 0 Å². The Balaban J connectivity index is 2.29. The third-order valence-corrected chi connectivity index (χ3v) is 3.19. The number of halogens is 1. The molecule has 1 fully saturated rings. The fraction of sp³-hybridized carbons (Fsp3) is 0.833. The number of hydrogen-bond acceptors (Lipinski definition) is 2. The Morgan fingerprint density at radius 3 is 2.47 bits per heavy atom. The predicted octanol–water partition coefficient (Wildman–Crippen LogP) is 2.36. The third-order valence-electron chi connectivity index (χ3n) is 2.84. The van der Waals surface area contributed by atoms with Gasteiger partial charge in [0.2, 0.25) is 0 Å². The molecule has 0 radical (unpaired) electrons. The Morgan fingerprint density at radius 2 is 1.80 bits per heavy atom. The van der Waals surface area contributed by atoms with E-state index in [1.54, 1.807) is 0 Å². The molecule has 1 saturated heterocycles. The number of hydrogen-bond donors (Lipinski definition) is 0. The molecule has 0 aromatic carbocycles. The lowest BCUT2D eigenvalue weighted by Gasteiger charge is -2.20. The normalized spacial score (nSPS) is 19.9. The second-order valence-electron chi connectivity index (χ2n) is 4.47. The summed E-state index contributed by atoms with van der Waals surface area (Å²) in [4.78, 5) is 5.11. The van der Waals surface area contributed by atoms with E-state index in [1.807, 2.05) is 0 Å². The summed E-state index contributed by atoms with van der Waals surface area (Å²) in [6.45, 7) is 11.6. The van der Waals surface area contributed by atoms with Crippen LogP contribution in [0.1, 0.15) is 20.3 Å². The zero-order valence-electron chi connectivity index (χ0n) is 10.0. The molecule has 88 valence electrons. The average molecular weight is 275 g/mol. The van der Waals surface area contributed by atoms with Gasteiger partial charge in [-0.2, -0.15) is 0 Å². The lowest BCUT2D eigenvalue weighted by atomic mass is 10.3. The van der Waals surface area contributed by atoms with Crippen LogP contribution in [0.4, 0.5) is 0 Å². The quantitative estimate of drug-likeness (QED) is 0.574. The van der Waals surface area contributed by atoms with Crippen LogP contribution in [0.3, 0.4) is 0 Å². The maximum absolute atomic E-state index is 3.51. The van der Waals surface area contributed by atoms with Gasteiger partial charge >= 0.3 is 0 Å². The van der Waals surface area contributed by atoms with Crippen LogP contribution in [0.25, 0.3) is 0 Å². The van der Waals surface area contributed by atoms with Crippen molar-refractivity contribution in [3.05, 3.63) is 11.6 Å². The van der Waals surface area contributed by atoms with Crippen LogP contribution in [0.15, 0.2) is 11.6 Å². The van der Waals surface area contributed by atoms with E-state index in [1.165, 1.54) is 44.7 Å². The highest BCUT2D eigenvalue weighted by molar-refractivity contribution is 9.09. The molecule has 0 aromatic rings. The van der Waals surface area contributed by atoms with E-state index in [0.29, 0.717) is 0 Å². The van der Waals surface area contributed by atoms with Crippen molar-refractivity contribution in [1.82, 2.24) is 9.80 Å². The minimum absolute atomic E-state index is 1.10. The second kappa shape index (κ2) is 7.42. The molecule has 1 rings (SSSR count). The highest BCUT2D eigenvalue weighted by Gasteiger charge is 2.12. The first-order valence-corrected chi connectivity index (χ1v) is 6.98. The van der Waals surface area contributed by atoms with E-state index in [-0.39, 0.29) is 0 Å². The molecule has 1 aliphatic rings. The molecule has 0 saturated carbocycles. The molecule has 0 amide bonds. The molecule has 0 spiro atoms. The average Bonchev–Trinajstić information content (AvgIpc) is 2.41. The zero-order valence-corrected chi connectivity index (χ0v) is 11.6. The van der Waals surface area contributed by atoms with Gasteiger partial charge in [-0.25, -0.2) is 0 Å². The van der Waals surface area contributed by atoms with E-state index in [4.69, 9.17) is 0 Å². The number of nitrogens with zero attached hydrogens (tertiary/aromatic N) is 2. The van der Waals surface area contributed by atoms with Crippen LogP contribution >= 0.6 is 15.9 Å². The Labute approximate surface area is 102 Å². The lowest BCUT2D eigenvalue weighted by molar-refractivity contribution is 0.280. The van der Waals surface area contributed by atoms with Gasteiger partial charge in [-0.3, -0.25) is 4.90 Å². The van der Waals surface area contributed by atoms with Gasteiger partial charge in [0.15, 0.2) is 0 Å². The van der Waals surface area contributed by atoms with Crippen molar-refractivity contribution in [2.45, 2.75) is 20.3 Å². The molecule has 0 aliphatic carbocycles. The SMILES string of the molecule is CC(C)=CCN1CCCN(CCBr)CC1. The topological polar surface area (TPSA) is 6.48 Å². The van der Waals surface area contributed by atoms with Crippen LogP contribution in [0.2, 0.25) is 0 Å². The summed E-state index contributed by atoms with van der Waals surface area (Å²) in [5.74, 6) is 0. The number of allylic oxidation sites excluding steroid dienone is 1. The summed E-state index contributed by atoms with van der Waals surface area (Å²) < 4.78 is 0. The molecule has 0 aromatic heterocycles. The Bertz CT molecular complexity index is 200. The standard InChI is InChI=1S/C12H23BrN2/c1-12(2)4-8-14-6-3-7-15(9-5-13)11-10-14/h4H,3,5-11H2,1-2H3. The van der Waals surface area contributed by atoms with Crippen molar-refractivity contribution in [3.63, 3.8) is 0 Å². The summed E-state index contributed by atoms with van der Waals surface area (Å²) in [6, 6.07) is 0. The van der Waals surface area contributed by atoms with Gasteiger partial charge in [-0.15, -0.1) is 0 Å². The van der Waals surface area contributed by atoms with Crippen molar-refractivity contribution in [2.75, 3.05) is 44.6 Å². The van der Waals surface area contributed by atoms with Crippen LogP contribution in [-0.2, 0) is 0 Å². The van der Waals surface area contributed by atoms with Crippen molar-refractivity contribution in [3.8, 4) is 0 Å². The summed E-state index contributed by atoms with van der Waals surface area (Å²) in [5.41, 5.74) is 1.43. The highest BCUT2D eigenvalue weighted by Crippen LogP contribution is 2.04. The summed E-state index contributed by atoms with van der Waals surface area (Å²) in [6.07, 6.45) is 3.64. The van der Waals surface area contributed by atoms with Gasteiger partial charge < -0.3 is 4.90 Å². The van der Waals surface area contributed by atoms with Crippen molar-refractivity contribution >= 4 is 15.9 Å². The second-order valence-corrected chi connectivity index (χ2v) is 5.26. The van der Waals surface area contributed by atoms with E-state index < -0.39 is 0 Å². The first-order chi connectivity index (χ1) is 7.22. The largest absolute Gasteiger partial charge is 0.301 e. The maximum Gasteiger partial charge on any atom is 0.0166 e. The van der Waals surface area contributed by atoms with Gasteiger partial charge in [0, 0.05) is 31.5 Å². The van der Waals surface area contributed by atoms with Crippen molar-refractivity contribution in [1.29, 1.82) is 0 Å². The molecule has 3 heteroatoms. The molecule has 1 heterocycles. The minimum Gasteiger partial charge on any atom is -0.301 e. The first-order valence-electron chi connectivity index (χ1n) is 5.86. The zero-order chi connectivity index (χ0) is 11.1.